The summed E-state index contributed by atoms with van der Waals surface area (Å²) in [5, 5.41) is 16.0. The van der Waals surface area contributed by atoms with Gasteiger partial charge < -0.3 is 4.74 Å². The van der Waals surface area contributed by atoms with E-state index in [-0.39, 0.29) is 4.92 Å². The summed E-state index contributed by atoms with van der Waals surface area (Å²) in [6.07, 6.45) is 0. The van der Waals surface area contributed by atoms with E-state index in [9.17, 15) is 14.9 Å². The maximum atomic E-state index is 12.3. The lowest BCUT2D eigenvalue weighted by Gasteiger charge is -2.19. The Morgan fingerprint density at radius 1 is 1.04 bits per heavy atom. The SMILES string of the molecule is COC(=O)[C@H]1N[C@@H](c2ccc(Cl)cc2)[C@H]([N+](=O)[O-])[C@H]1c1ccc(Cl)cc1. The molecular formula is C18H16Cl2N2O4. The molecule has 0 bridgehead atoms. The first-order valence-corrected chi connectivity index (χ1v) is 8.66. The highest BCUT2D eigenvalue weighted by molar-refractivity contribution is 6.30. The number of carbonyl (C=O) groups is 1. The molecule has 3 rings (SSSR count). The van der Waals surface area contributed by atoms with E-state index in [1.165, 1.54) is 7.11 Å². The Hall–Kier alpha value is -2.15. The third-order valence-corrected chi connectivity index (χ3v) is 5.11. The monoisotopic (exact) mass is 394 g/mol. The van der Waals surface area contributed by atoms with Crippen LogP contribution in [0, 0.1) is 10.1 Å². The van der Waals surface area contributed by atoms with Crippen LogP contribution < -0.4 is 5.32 Å². The highest BCUT2D eigenvalue weighted by atomic mass is 35.5. The Kier molecular flexibility index (Phi) is 5.46. The fraction of sp³-hybridized carbons (Fsp3) is 0.278. The molecule has 2 aromatic carbocycles. The lowest BCUT2D eigenvalue weighted by molar-refractivity contribution is -0.527. The van der Waals surface area contributed by atoms with Crippen LogP contribution >= 0.6 is 23.2 Å². The zero-order valence-electron chi connectivity index (χ0n) is 13.8. The molecule has 0 unspecified atom stereocenters. The van der Waals surface area contributed by atoms with Crippen LogP contribution in [-0.4, -0.2) is 30.1 Å². The van der Waals surface area contributed by atoms with Crippen LogP contribution in [0.4, 0.5) is 0 Å². The van der Waals surface area contributed by atoms with Crippen molar-refractivity contribution in [2.24, 2.45) is 0 Å². The van der Waals surface area contributed by atoms with Gasteiger partial charge in [0, 0.05) is 15.0 Å². The lowest BCUT2D eigenvalue weighted by Crippen LogP contribution is -2.37. The van der Waals surface area contributed by atoms with E-state index in [0.717, 1.165) is 0 Å². The maximum absolute atomic E-state index is 12.3. The Balaban J connectivity index is 2.07. The Morgan fingerprint density at radius 3 is 2.00 bits per heavy atom. The van der Waals surface area contributed by atoms with E-state index in [0.29, 0.717) is 21.2 Å². The van der Waals surface area contributed by atoms with Gasteiger partial charge in [-0.3, -0.25) is 20.2 Å². The maximum Gasteiger partial charge on any atom is 0.323 e. The molecule has 1 aliphatic heterocycles. The number of hydrogen-bond donors (Lipinski definition) is 1. The highest BCUT2D eigenvalue weighted by Gasteiger charge is 2.54. The molecule has 0 spiro atoms. The number of benzene rings is 2. The van der Waals surface area contributed by atoms with E-state index in [1.807, 2.05) is 0 Å². The first kappa shape index (κ1) is 18.6. The molecule has 1 N–H and O–H groups in total. The van der Waals surface area contributed by atoms with E-state index in [1.54, 1.807) is 48.5 Å². The van der Waals surface area contributed by atoms with Crippen molar-refractivity contribution in [1.29, 1.82) is 0 Å². The van der Waals surface area contributed by atoms with Crippen molar-refractivity contribution in [3.8, 4) is 0 Å². The predicted molar refractivity (Wildman–Crippen MR) is 98.1 cm³/mol. The molecule has 1 heterocycles. The van der Waals surface area contributed by atoms with Gasteiger partial charge in [-0.1, -0.05) is 47.5 Å². The summed E-state index contributed by atoms with van der Waals surface area (Å²) in [5.74, 6) is -1.25. The first-order valence-electron chi connectivity index (χ1n) is 7.90. The molecule has 4 atom stereocenters. The molecule has 26 heavy (non-hydrogen) atoms. The van der Waals surface area contributed by atoms with Gasteiger partial charge in [0.25, 0.3) is 0 Å². The van der Waals surface area contributed by atoms with Crippen LogP contribution in [-0.2, 0) is 9.53 Å². The summed E-state index contributed by atoms with van der Waals surface area (Å²) < 4.78 is 4.87. The summed E-state index contributed by atoms with van der Waals surface area (Å²) in [6, 6.07) is 10.9. The molecule has 0 amide bonds. The molecule has 1 aliphatic rings. The van der Waals surface area contributed by atoms with Gasteiger partial charge in [0.15, 0.2) is 0 Å². The first-order chi connectivity index (χ1) is 12.4. The minimum Gasteiger partial charge on any atom is -0.468 e. The van der Waals surface area contributed by atoms with E-state index < -0.39 is 30.0 Å². The van der Waals surface area contributed by atoms with E-state index in [4.69, 9.17) is 27.9 Å². The number of halogens is 2. The highest BCUT2D eigenvalue weighted by Crippen LogP contribution is 2.41. The molecule has 2 aromatic rings. The summed E-state index contributed by atoms with van der Waals surface area (Å²) in [4.78, 5) is 23.9. The van der Waals surface area contributed by atoms with Gasteiger partial charge in [-0.25, -0.2) is 0 Å². The fourth-order valence-electron chi connectivity index (χ4n) is 3.43. The topological polar surface area (TPSA) is 81.5 Å². The van der Waals surface area contributed by atoms with Gasteiger partial charge in [-0.05, 0) is 35.4 Å². The second kappa shape index (κ2) is 7.61. The van der Waals surface area contributed by atoms with Crippen molar-refractivity contribution < 1.29 is 14.5 Å². The predicted octanol–water partition coefficient (Wildman–Crippen LogP) is 3.61. The van der Waals surface area contributed by atoms with Gasteiger partial charge in [0.05, 0.1) is 13.0 Å². The molecule has 1 fully saturated rings. The number of rotatable bonds is 4. The normalized spacial score (nSPS) is 25.0. The largest absolute Gasteiger partial charge is 0.468 e. The number of nitrogens with one attached hydrogen (secondary N) is 1. The molecule has 0 radical (unpaired) electrons. The Bertz CT molecular complexity index is 811. The number of nitrogens with zero attached hydrogens (tertiary/aromatic N) is 1. The van der Waals surface area contributed by atoms with Crippen LogP contribution in [0.3, 0.4) is 0 Å². The molecule has 0 aromatic heterocycles. The zero-order chi connectivity index (χ0) is 18.8. The Morgan fingerprint density at radius 2 is 1.54 bits per heavy atom. The van der Waals surface area contributed by atoms with E-state index >= 15 is 0 Å². The molecule has 1 saturated heterocycles. The van der Waals surface area contributed by atoms with Gasteiger partial charge in [0.1, 0.15) is 12.1 Å². The molecule has 0 saturated carbocycles. The van der Waals surface area contributed by atoms with Gasteiger partial charge >= 0.3 is 5.97 Å². The number of carbonyl (C=O) groups excluding carboxylic acids is 1. The fourth-order valence-corrected chi connectivity index (χ4v) is 3.68. The standard InChI is InChI=1S/C18H16Cl2N2O4/c1-26-18(23)16-14(10-2-6-12(19)7-3-10)17(22(24)25)15(21-16)11-4-8-13(20)9-5-11/h2-9,14-17,21H,1H3/t14-,15-,16-,17+/m0/s1. The average molecular weight is 395 g/mol. The van der Waals surface area contributed by atoms with Crippen LogP contribution in [0.25, 0.3) is 0 Å². The van der Waals surface area contributed by atoms with Crippen LogP contribution in [0.5, 0.6) is 0 Å². The average Bonchev–Trinajstić information content (AvgIpc) is 3.03. The molecule has 0 aliphatic carbocycles. The van der Waals surface area contributed by atoms with Crippen molar-refractivity contribution >= 4 is 29.2 Å². The second-order valence-electron chi connectivity index (χ2n) is 6.05. The van der Waals surface area contributed by atoms with Gasteiger partial charge in [0.2, 0.25) is 6.04 Å². The van der Waals surface area contributed by atoms with Crippen molar-refractivity contribution in [1.82, 2.24) is 5.32 Å². The van der Waals surface area contributed by atoms with Crippen molar-refractivity contribution in [2.75, 3.05) is 7.11 Å². The number of esters is 1. The summed E-state index contributed by atoms with van der Waals surface area (Å²) in [7, 11) is 1.26. The summed E-state index contributed by atoms with van der Waals surface area (Å²) in [5.41, 5.74) is 1.33. The summed E-state index contributed by atoms with van der Waals surface area (Å²) >= 11 is 11.8. The van der Waals surface area contributed by atoms with E-state index in [2.05, 4.69) is 5.32 Å². The third kappa shape index (κ3) is 3.53. The second-order valence-corrected chi connectivity index (χ2v) is 6.92. The Labute approximate surface area is 160 Å². The number of hydrogen-bond acceptors (Lipinski definition) is 5. The zero-order valence-corrected chi connectivity index (χ0v) is 15.3. The smallest absolute Gasteiger partial charge is 0.323 e. The van der Waals surface area contributed by atoms with Gasteiger partial charge in [-0.2, -0.15) is 0 Å². The van der Waals surface area contributed by atoms with Crippen molar-refractivity contribution in [3.05, 3.63) is 79.8 Å². The van der Waals surface area contributed by atoms with Crippen molar-refractivity contribution in [3.63, 3.8) is 0 Å². The van der Waals surface area contributed by atoms with Crippen LogP contribution in [0.1, 0.15) is 23.1 Å². The van der Waals surface area contributed by atoms with Crippen LogP contribution in [0.15, 0.2) is 48.5 Å². The quantitative estimate of drug-likeness (QED) is 0.486. The number of ether oxygens (including phenoxy) is 1. The number of methoxy groups -OCH3 is 1. The van der Waals surface area contributed by atoms with Gasteiger partial charge in [-0.15, -0.1) is 0 Å². The minimum absolute atomic E-state index is 0.353. The van der Waals surface area contributed by atoms with Crippen LogP contribution in [0.2, 0.25) is 10.0 Å². The molecule has 6 nitrogen and oxygen atoms in total. The molecular weight excluding hydrogens is 379 g/mol. The molecule has 8 heteroatoms. The third-order valence-electron chi connectivity index (χ3n) is 4.61. The lowest BCUT2D eigenvalue weighted by atomic mass is 9.85. The van der Waals surface area contributed by atoms with Crippen molar-refractivity contribution in [2.45, 2.75) is 24.0 Å². The molecule has 136 valence electrons. The minimum atomic E-state index is -1.05. The summed E-state index contributed by atoms with van der Waals surface area (Å²) in [6.45, 7) is 0. The number of nitro groups is 1.